The zero-order valence-corrected chi connectivity index (χ0v) is 8.29. The molecule has 74 valence electrons. The van der Waals surface area contributed by atoms with Crippen LogP contribution in [0, 0.1) is 6.92 Å². The zero-order valence-electron chi connectivity index (χ0n) is 8.29. The zero-order chi connectivity index (χ0) is 10.1. The fraction of sp³-hybridized carbons (Fsp3) is 0.417. The van der Waals surface area contributed by atoms with Gasteiger partial charge in [0.1, 0.15) is 0 Å². The van der Waals surface area contributed by atoms with Crippen molar-refractivity contribution in [2.24, 2.45) is 0 Å². The van der Waals surface area contributed by atoms with Gasteiger partial charge in [0.15, 0.2) is 0 Å². The average molecular weight is 190 g/mol. The smallest absolute Gasteiger partial charge is 0.307 e. The van der Waals surface area contributed by atoms with Crippen LogP contribution in [-0.4, -0.2) is 11.1 Å². The van der Waals surface area contributed by atoms with E-state index >= 15 is 0 Å². The molecule has 1 saturated carbocycles. The molecule has 0 radical (unpaired) electrons. The van der Waals surface area contributed by atoms with Crippen LogP contribution in [0.1, 0.15) is 35.4 Å². The molecule has 2 nitrogen and oxygen atoms in total. The van der Waals surface area contributed by atoms with Gasteiger partial charge in [0.2, 0.25) is 0 Å². The van der Waals surface area contributed by atoms with E-state index in [1.165, 1.54) is 18.4 Å². The van der Waals surface area contributed by atoms with Gasteiger partial charge in [0, 0.05) is 0 Å². The molecule has 1 aliphatic carbocycles. The van der Waals surface area contributed by atoms with Crippen LogP contribution < -0.4 is 0 Å². The number of carboxylic acid groups (broad SMARTS) is 1. The molecule has 2 rings (SSSR count). The van der Waals surface area contributed by atoms with E-state index in [9.17, 15) is 4.79 Å². The Kier molecular flexibility index (Phi) is 2.28. The number of rotatable bonds is 3. The first kappa shape index (κ1) is 9.25. The van der Waals surface area contributed by atoms with Crippen LogP contribution in [0.3, 0.4) is 0 Å². The van der Waals surface area contributed by atoms with Crippen molar-refractivity contribution in [1.82, 2.24) is 0 Å². The van der Waals surface area contributed by atoms with Crippen molar-refractivity contribution in [3.63, 3.8) is 0 Å². The molecule has 0 spiro atoms. The van der Waals surface area contributed by atoms with E-state index in [0.717, 1.165) is 11.1 Å². The van der Waals surface area contributed by atoms with E-state index in [2.05, 4.69) is 12.1 Å². The lowest BCUT2D eigenvalue weighted by atomic mass is 10.0. The van der Waals surface area contributed by atoms with E-state index in [4.69, 9.17) is 5.11 Å². The molecular formula is C12H14O2. The van der Waals surface area contributed by atoms with Crippen molar-refractivity contribution >= 4 is 5.97 Å². The highest BCUT2D eigenvalue weighted by molar-refractivity contribution is 5.70. The van der Waals surface area contributed by atoms with Gasteiger partial charge in [-0.1, -0.05) is 18.2 Å². The lowest BCUT2D eigenvalue weighted by Gasteiger charge is -2.05. The number of carbonyl (C=O) groups is 1. The van der Waals surface area contributed by atoms with Gasteiger partial charge in [-0.05, 0) is 42.4 Å². The van der Waals surface area contributed by atoms with Crippen LogP contribution >= 0.6 is 0 Å². The predicted octanol–water partition coefficient (Wildman–Crippen LogP) is 2.50. The van der Waals surface area contributed by atoms with Crippen molar-refractivity contribution in [3.05, 3.63) is 34.9 Å². The Bertz CT molecular complexity index is 365. The van der Waals surface area contributed by atoms with E-state index in [0.29, 0.717) is 5.92 Å². The van der Waals surface area contributed by atoms with Crippen molar-refractivity contribution in [2.75, 3.05) is 0 Å². The predicted molar refractivity (Wildman–Crippen MR) is 54.5 cm³/mol. The Morgan fingerprint density at radius 2 is 2.21 bits per heavy atom. The number of aryl methyl sites for hydroxylation is 1. The first-order valence-corrected chi connectivity index (χ1v) is 4.98. The first-order valence-electron chi connectivity index (χ1n) is 4.98. The summed E-state index contributed by atoms with van der Waals surface area (Å²) in [6, 6.07) is 6.21. The normalized spacial score (nSPS) is 15.5. The second-order valence-corrected chi connectivity index (χ2v) is 4.03. The maximum Gasteiger partial charge on any atom is 0.307 e. The molecule has 1 aromatic carbocycles. The standard InChI is InChI=1S/C12H14O2/c1-8-2-3-10(9-4-5-9)6-11(8)7-12(13)14/h2-3,6,9H,4-5,7H2,1H3,(H,13,14). The Morgan fingerprint density at radius 3 is 2.79 bits per heavy atom. The summed E-state index contributed by atoms with van der Waals surface area (Å²) >= 11 is 0. The quantitative estimate of drug-likeness (QED) is 0.795. The summed E-state index contributed by atoms with van der Waals surface area (Å²) in [7, 11) is 0. The molecule has 0 aliphatic heterocycles. The molecule has 2 heteroatoms. The van der Waals surface area contributed by atoms with Gasteiger partial charge in [0.05, 0.1) is 6.42 Å². The summed E-state index contributed by atoms with van der Waals surface area (Å²) in [5.41, 5.74) is 3.35. The lowest BCUT2D eigenvalue weighted by molar-refractivity contribution is -0.136. The van der Waals surface area contributed by atoms with Crippen molar-refractivity contribution < 1.29 is 9.90 Å². The minimum Gasteiger partial charge on any atom is -0.481 e. The topological polar surface area (TPSA) is 37.3 Å². The fourth-order valence-electron chi connectivity index (χ4n) is 1.72. The van der Waals surface area contributed by atoms with Crippen molar-refractivity contribution in [1.29, 1.82) is 0 Å². The van der Waals surface area contributed by atoms with Crippen LogP contribution in [0.15, 0.2) is 18.2 Å². The molecule has 1 aliphatic rings. The molecule has 14 heavy (non-hydrogen) atoms. The largest absolute Gasteiger partial charge is 0.481 e. The molecule has 1 fully saturated rings. The highest BCUT2D eigenvalue weighted by Gasteiger charge is 2.23. The van der Waals surface area contributed by atoms with Crippen LogP contribution in [0.4, 0.5) is 0 Å². The molecule has 0 saturated heterocycles. The van der Waals surface area contributed by atoms with Gasteiger partial charge in [-0.25, -0.2) is 0 Å². The van der Waals surface area contributed by atoms with Gasteiger partial charge >= 0.3 is 5.97 Å². The van der Waals surface area contributed by atoms with Gasteiger partial charge in [0.25, 0.3) is 0 Å². The van der Waals surface area contributed by atoms with Crippen LogP contribution in [0.5, 0.6) is 0 Å². The minimum atomic E-state index is -0.749. The highest BCUT2D eigenvalue weighted by Crippen LogP contribution is 2.40. The molecule has 0 atom stereocenters. The SMILES string of the molecule is Cc1ccc(C2CC2)cc1CC(=O)O. The third kappa shape index (κ3) is 1.95. The van der Waals surface area contributed by atoms with Gasteiger partial charge < -0.3 is 5.11 Å². The first-order chi connectivity index (χ1) is 6.66. The Hall–Kier alpha value is -1.31. The van der Waals surface area contributed by atoms with Crippen LogP contribution in [0.2, 0.25) is 0 Å². The third-order valence-corrected chi connectivity index (χ3v) is 2.76. The molecule has 0 heterocycles. The van der Waals surface area contributed by atoms with E-state index in [-0.39, 0.29) is 6.42 Å². The summed E-state index contributed by atoms with van der Waals surface area (Å²) in [5, 5.41) is 8.74. The number of hydrogen-bond donors (Lipinski definition) is 1. The molecule has 0 aromatic heterocycles. The Balaban J connectivity index is 2.26. The molecule has 0 amide bonds. The van der Waals surface area contributed by atoms with Crippen molar-refractivity contribution in [2.45, 2.75) is 32.1 Å². The maximum atomic E-state index is 10.6. The van der Waals surface area contributed by atoms with Gasteiger partial charge in [-0.2, -0.15) is 0 Å². The second-order valence-electron chi connectivity index (χ2n) is 4.03. The summed E-state index contributed by atoms with van der Waals surface area (Å²) in [6.45, 7) is 1.97. The van der Waals surface area contributed by atoms with Gasteiger partial charge in [-0.15, -0.1) is 0 Å². The number of aliphatic carboxylic acids is 1. The lowest BCUT2D eigenvalue weighted by Crippen LogP contribution is -2.02. The van der Waals surface area contributed by atoms with Crippen LogP contribution in [-0.2, 0) is 11.2 Å². The Labute approximate surface area is 83.6 Å². The monoisotopic (exact) mass is 190 g/mol. The highest BCUT2D eigenvalue weighted by atomic mass is 16.4. The molecule has 1 N–H and O–H groups in total. The second kappa shape index (κ2) is 3.45. The minimum absolute atomic E-state index is 0.145. The van der Waals surface area contributed by atoms with Gasteiger partial charge in [-0.3, -0.25) is 4.79 Å². The number of benzene rings is 1. The summed E-state index contributed by atoms with van der Waals surface area (Å²) in [6.07, 6.45) is 2.66. The number of carboxylic acids is 1. The molecule has 0 bridgehead atoms. The average Bonchev–Trinajstić information content (AvgIpc) is 2.91. The van der Waals surface area contributed by atoms with E-state index in [1.54, 1.807) is 0 Å². The fourth-order valence-corrected chi connectivity index (χ4v) is 1.72. The molecular weight excluding hydrogens is 176 g/mol. The maximum absolute atomic E-state index is 10.6. The summed E-state index contributed by atoms with van der Waals surface area (Å²) in [5.74, 6) is -0.0517. The number of hydrogen-bond acceptors (Lipinski definition) is 1. The van der Waals surface area contributed by atoms with E-state index < -0.39 is 5.97 Å². The summed E-state index contributed by atoms with van der Waals surface area (Å²) in [4.78, 5) is 10.6. The third-order valence-electron chi connectivity index (χ3n) is 2.76. The molecule has 1 aromatic rings. The Morgan fingerprint density at radius 1 is 1.50 bits per heavy atom. The summed E-state index contributed by atoms with van der Waals surface area (Å²) < 4.78 is 0. The van der Waals surface area contributed by atoms with Crippen LogP contribution in [0.25, 0.3) is 0 Å². The van der Waals surface area contributed by atoms with E-state index in [1.807, 2.05) is 13.0 Å². The van der Waals surface area contributed by atoms with Crippen molar-refractivity contribution in [3.8, 4) is 0 Å². The molecule has 0 unspecified atom stereocenters.